The zero-order chi connectivity index (χ0) is 16.3. The number of hydrogen-bond acceptors (Lipinski definition) is 3. The Morgan fingerprint density at radius 2 is 1.86 bits per heavy atom. The molecule has 3 N–H and O–H groups in total. The van der Waals surface area contributed by atoms with Crippen molar-refractivity contribution in [1.29, 1.82) is 0 Å². The van der Waals surface area contributed by atoms with Crippen LogP contribution in [-0.4, -0.2) is 52.9 Å². The molecule has 0 unspecified atom stereocenters. The molecule has 0 saturated heterocycles. The van der Waals surface area contributed by atoms with Gasteiger partial charge in [0.2, 0.25) is 0 Å². The van der Waals surface area contributed by atoms with Crippen LogP contribution in [0.4, 0.5) is 4.79 Å². The molecule has 1 saturated carbocycles. The number of nitrogens with one attached hydrogen (secondary N) is 1. The minimum absolute atomic E-state index is 0.143. The molecular formula is C15H28N2O4. The second-order valence-corrected chi connectivity index (χ2v) is 7.10. The molecular weight excluding hydrogens is 272 g/mol. The van der Waals surface area contributed by atoms with Crippen molar-refractivity contribution >= 4 is 12.0 Å². The lowest BCUT2D eigenvalue weighted by Crippen LogP contribution is -2.50. The van der Waals surface area contributed by atoms with Gasteiger partial charge in [-0.25, -0.2) is 4.79 Å². The third-order valence-corrected chi connectivity index (χ3v) is 4.23. The maximum atomic E-state index is 12.0. The molecule has 1 fully saturated rings. The summed E-state index contributed by atoms with van der Waals surface area (Å²) in [5.74, 6) is -0.286. The highest BCUT2D eigenvalue weighted by Gasteiger charge is 2.41. The summed E-state index contributed by atoms with van der Waals surface area (Å²) in [6.45, 7) is 5.71. The van der Waals surface area contributed by atoms with Gasteiger partial charge >= 0.3 is 12.0 Å². The zero-order valence-corrected chi connectivity index (χ0v) is 13.5. The minimum Gasteiger partial charge on any atom is -0.481 e. The van der Waals surface area contributed by atoms with E-state index in [0.717, 1.165) is 12.8 Å². The first-order valence-corrected chi connectivity index (χ1v) is 7.50. The first-order valence-electron chi connectivity index (χ1n) is 7.50. The molecule has 0 aromatic carbocycles. The monoisotopic (exact) mass is 300 g/mol. The van der Waals surface area contributed by atoms with Gasteiger partial charge in [-0.2, -0.15) is 0 Å². The molecule has 1 aliphatic carbocycles. The SMILES string of the molecule is CC1CCC(CNC(=O)N(C)CC(C)(C)O)(C(=O)O)CC1. The Balaban J connectivity index is 2.58. The second-order valence-electron chi connectivity index (χ2n) is 7.10. The van der Waals surface area contributed by atoms with E-state index in [9.17, 15) is 19.8 Å². The Kier molecular flexibility index (Phi) is 5.61. The molecule has 1 aliphatic rings. The van der Waals surface area contributed by atoms with Crippen LogP contribution in [0, 0.1) is 11.3 Å². The lowest BCUT2D eigenvalue weighted by atomic mass is 9.71. The Hall–Kier alpha value is -1.30. The molecule has 0 bridgehead atoms. The van der Waals surface area contributed by atoms with Crippen LogP contribution in [0.5, 0.6) is 0 Å². The van der Waals surface area contributed by atoms with Crippen molar-refractivity contribution in [1.82, 2.24) is 10.2 Å². The molecule has 0 atom stereocenters. The number of urea groups is 1. The second kappa shape index (κ2) is 6.64. The number of carboxylic acids is 1. The van der Waals surface area contributed by atoms with Crippen LogP contribution in [-0.2, 0) is 4.79 Å². The topological polar surface area (TPSA) is 89.9 Å². The number of aliphatic carboxylic acids is 1. The van der Waals surface area contributed by atoms with E-state index in [2.05, 4.69) is 12.2 Å². The van der Waals surface area contributed by atoms with Gasteiger partial charge < -0.3 is 20.4 Å². The summed E-state index contributed by atoms with van der Waals surface area (Å²) in [6, 6.07) is -0.351. The van der Waals surface area contributed by atoms with Crippen molar-refractivity contribution in [2.75, 3.05) is 20.1 Å². The molecule has 21 heavy (non-hydrogen) atoms. The number of amides is 2. The van der Waals surface area contributed by atoms with Crippen LogP contribution in [0.25, 0.3) is 0 Å². The molecule has 0 radical (unpaired) electrons. The first-order chi connectivity index (χ1) is 9.56. The van der Waals surface area contributed by atoms with Gasteiger partial charge in [-0.1, -0.05) is 6.92 Å². The average Bonchev–Trinajstić information content (AvgIpc) is 2.35. The Morgan fingerprint density at radius 3 is 2.29 bits per heavy atom. The predicted molar refractivity (Wildman–Crippen MR) is 80.0 cm³/mol. The largest absolute Gasteiger partial charge is 0.481 e. The molecule has 0 aromatic rings. The van der Waals surface area contributed by atoms with E-state index in [1.54, 1.807) is 20.9 Å². The maximum Gasteiger partial charge on any atom is 0.317 e. The van der Waals surface area contributed by atoms with Crippen LogP contribution in [0.2, 0.25) is 0 Å². The van der Waals surface area contributed by atoms with Gasteiger partial charge in [-0.3, -0.25) is 4.79 Å². The van der Waals surface area contributed by atoms with Gasteiger partial charge in [0.1, 0.15) is 0 Å². The summed E-state index contributed by atoms with van der Waals surface area (Å²) in [6.07, 6.45) is 2.95. The standard InChI is InChI=1S/C15H28N2O4/c1-11-5-7-15(8-6-11,12(18)19)9-16-13(20)17(4)10-14(2,3)21/h11,21H,5-10H2,1-4H3,(H,16,20)(H,18,19). The zero-order valence-electron chi connectivity index (χ0n) is 13.5. The number of carbonyl (C=O) groups excluding carboxylic acids is 1. The van der Waals surface area contributed by atoms with Gasteiger partial charge in [0, 0.05) is 13.6 Å². The van der Waals surface area contributed by atoms with E-state index in [0.29, 0.717) is 18.8 Å². The normalized spacial score (nSPS) is 26.2. The lowest BCUT2D eigenvalue weighted by Gasteiger charge is -2.36. The summed E-state index contributed by atoms with van der Waals surface area (Å²) < 4.78 is 0. The smallest absolute Gasteiger partial charge is 0.317 e. The number of nitrogens with zero attached hydrogens (tertiary/aromatic N) is 1. The van der Waals surface area contributed by atoms with Crippen LogP contribution >= 0.6 is 0 Å². The first kappa shape index (κ1) is 17.8. The van der Waals surface area contributed by atoms with Gasteiger partial charge in [-0.05, 0) is 45.4 Å². The van der Waals surface area contributed by atoms with E-state index in [4.69, 9.17) is 0 Å². The Labute approximate surface area is 126 Å². The lowest BCUT2D eigenvalue weighted by molar-refractivity contribution is -0.151. The highest BCUT2D eigenvalue weighted by molar-refractivity contribution is 5.78. The highest BCUT2D eigenvalue weighted by Crippen LogP contribution is 2.38. The fourth-order valence-electron chi connectivity index (χ4n) is 2.81. The molecule has 122 valence electrons. The maximum absolute atomic E-state index is 12.0. The average molecular weight is 300 g/mol. The number of carbonyl (C=O) groups is 2. The highest BCUT2D eigenvalue weighted by atomic mass is 16.4. The third-order valence-electron chi connectivity index (χ3n) is 4.23. The summed E-state index contributed by atoms with van der Waals surface area (Å²) >= 11 is 0. The van der Waals surface area contributed by atoms with Crippen LogP contribution in [0.3, 0.4) is 0 Å². The summed E-state index contributed by atoms with van der Waals surface area (Å²) in [5, 5.41) is 21.9. The fraction of sp³-hybridized carbons (Fsp3) is 0.867. The van der Waals surface area contributed by atoms with Crippen molar-refractivity contribution in [3.63, 3.8) is 0 Å². The molecule has 0 aliphatic heterocycles. The minimum atomic E-state index is -0.975. The van der Waals surface area contributed by atoms with Crippen molar-refractivity contribution in [3.8, 4) is 0 Å². The number of carboxylic acid groups (broad SMARTS) is 1. The number of aliphatic hydroxyl groups is 1. The number of rotatable bonds is 5. The van der Waals surface area contributed by atoms with E-state index >= 15 is 0 Å². The molecule has 0 aromatic heterocycles. The van der Waals surface area contributed by atoms with Crippen LogP contribution in [0.1, 0.15) is 46.5 Å². The molecule has 6 nitrogen and oxygen atoms in total. The summed E-state index contributed by atoms with van der Waals surface area (Å²) in [4.78, 5) is 25.0. The van der Waals surface area contributed by atoms with Gasteiger partial charge in [0.15, 0.2) is 0 Å². The van der Waals surface area contributed by atoms with Gasteiger partial charge in [0.05, 0.1) is 17.6 Å². The number of hydrogen-bond donors (Lipinski definition) is 3. The van der Waals surface area contributed by atoms with Crippen LogP contribution in [0.15, 0.2) is 0 Å². The van der Waals surface area contributed by atoms with Crippen LogP contribution < -0.4 is 5.32 Å². The van der Waals surface area contributed by atoms with Crippen molar-refractivity contribution in [2.24, 2.45) is 11.3 Å². The predicted octanol–water partition coefficient (Wildman–Crippen LogP) is 1.68. The summed E-state index contributed by atoms with van der Waals surface area (Å²) in [7, 11) is 1.59. The van der Waals surface area contributed by atoms with E-state index in [1.807, 2.05) is 0 Å². The van der Waals surface area contributed by atoms with Crippen molar-refractivity contribution in [3.05, 3.63) is 0 Å². The number of likely N-dealkylation sites (N-methyl/N-ethyl adjacent to an activating group) is 1. The van der Waals surface area contributed by atoms with E-state index in [1.165, 1.54) is 4.90 Å². The van der Waals surface area contributed by atoms with E-state index in [-0.39, 0.29) is 19.1 Å². The van der Waals surface area contributed by atoms with Gasteiger partial charge in [-0.15, -0.1) is 0 Å². The Morgan fingerprint density at radius 1 is 1.33 bits per heavy atom. The quantitative estimate of drug-likeness (QED) is 0.720. The van der Waals surface area contributed by atoms with E-state index < -0.39 is 17.0 Å². The fourth-order valence-corrected chi connectivity index (χ4v) is 2.81. The third kappa shape index (κ3) is 5.19. The molecule has 0 heterocycles. The molecule has 2 amide bonds. The molecule has 0 spiro atoms. The summed E-state index contributed by atoms with van der Waals surface area (Å²) in [5.41, 5.74) is -1.82. The Bertz CT molecular complexity index is 382. The van der Waals surface area contributed by atoms with Crippen molar-refractivity contribution < 1.29 is 19.8 Å². The van der Waals surface area contributed by atoms with Crippen molar-refractivity contribution in [2.45, 2.75) is 52.1 Å². The molecule has 6 heteroatoms. The molecule has 1 rings (SSSR count). The van der Waals surface area contributed by atoms with Gasteiger partial charge in [0.25, 0.3) is 0 Å².